The molecule has 0 saturated carbocycles. The molecular weight excluding hydrogens is 276 g/mol. The van der Waals surface area contributed by atoms with Crippen LogP contribution in [0.25, 0.3) is 0 Å². The molecule has 2 amide bonds. The predicted octanol–water partition coefficient (Wildman–Crippen LogP) is 0.155. The van der Waals surface area contributed by atoms with Crippen molar-refractivity contribution in [3.05, 3.63) is 29.8 Å². The number of nitrogens with two attached hydrogens (primary N) is 1. The summed E-state index contributed by atoms with van der Waals surface area (Å²) in [5.74, 6) is -2.31. The molecule has 2 rings (SSSR count). The lowest BCUT2D eigenvalue weighted by Crippen LogP contribution is -2.36. The lowest BCUT2D eigenvalue weighted by Gasteiger charge is -2.25. The van der Waals surface area contributed by atoms with Gasteiger partial charge in [0.1, 0.15) is 5.75 Å². The first kappa shape index (κ1) is 14.8. The van der Waals surface area contributed by atoms with Crippen LogP contribution in [-0.2, 0) is 14.4 Å². The summed E-state index contributed by atoms with van der Waals surface area (Å²) in [5, 5.41) is 9.44. The number of carboxylic acids is 1. The third kappa shape index (κ3) is 2.96. The molecule has 2 unspecified atom stereocenters. The molecule has 0 spiro atoms. The van der Waals surface area contributed by atoms with Crippen molar-refractivity contribution in [3.63, 3.8) is 0 Å². The molecule has 0 bridgehead atoms. The van der Waals surface area contributed by atoms with E-state index < -0.39 is 29.7 Å². The fourth-order valence-electron chi connectivity index (χ4n) is 2.44. The molecule has 1 aromatic carbocycles. The number of carbonyl (C=O) groups is 3. The molecule has 1 aliphatic rings. The summed E-state index contributed by atoms with van der Waals surface area (Å²) in [5.41, 5.74) is 5.61. The van der Waals surface area contributed by atoms with Crippen LogP contribution in [-0.4, -0.2) is 41.4 Å². The third-order valence-electron chi connectivity index (χ3n) is 3.52. The summed E-state index contributed by atoms with van der Waals surface area (Å²) in [7, 11) is 1.47. The monoisotopic (exact) mass is 292 g/mol. The molecule has 2 atom stereocenters. The number of likely N-dealkylation sites (tertiary alicyclic amines) is 1. The minimum absolute atomic E-state index is 0.0162. The van der Waals surface area contributed by atoms with Crippen molar-refractivity contribution in [1.29, 1.82) is 0 Å². The van der Waals surface area contributed by atoms with Crippen LogP contribution in [0.15, 0.2) is 24.3 Å². The van der Waals surface area contributed by atoms with E-state index in [0.717, 1.165) is 0 Å². The van der Waals surface area contributed by atoms with Crippen LogP contribution in [0.3, 0.4) is 0 Å². The number of hydrogen-bond donors (Lipinski definition) is 2. The first-order valence-corrected chi connectivity index (χ1v) is 6.39. The second kappa shape index (κ2) is 5.82. The van der Waals surface area contributed by atoms with E-state index in [1.807, 2.05) is 0 Å². The Kier molecular flexibility index (Phi) is 4.11. The van der Waals surface area contributed by atoms with Crippen molar-refractivity contribution in [2.75, 3.05) is 13.7 Å². The van der Waals surface area contributed by atoms with Gasteiger partial charge in [0.2, 0.25) is 11.8 Å². The van der Waals surface area contributed by atoms with E-state index in [1.54, 1.807) is 24.3 Å². The van der Waals surface area contributed by atoms with Crippen LogP contribution in [0.5, 0.6) is 5.75 Å². The maximum atomic E-state index is 12.0. The fourth-order valence-corrected chi connectivity index (χ4v) is 2.44. The van der Waals surface area contributed by atoms with Crippen LogP contribution in [0, 0.1) is 5.92 Å². The number of ether oxygens (including phenoxy) is 1. The van der Waals surface area contributed by atoms with E-state index in [-0.39, 0.29) is 13.0 Å². The molecule has 0 radical (unpaired) electrons. The van der Waals surface area contributed by atoms with E-state index >= 15 is 0 Å². The van der Waals surface area contributed by atoms with Crippen LogP contribution >= 0.6 is 0 Å². The zero-order chi connectivity index (χ0) is 15.6. The molecule has 21 heavy (non-hydrogen) atoms. The first-order chi connectivity index (χ1) is 9.93. The summed E-state index contributed by atoms with van der Waals surface area (Å²) >= 11 is 0. The van der Waals surface area contributed by atoms with Gasteiger partial charge in [0.15, 0.2) is 6.04 Å². The van der Waals surface area contributed by atoms with Crippen molar-refractivity contribution in [3.8, 4) is 5.75 Å². The number of hydrogen-bond acceptors (Lipinski definition) is 4. The number of benzene rings is 1. The number of rotatable bonds is 5. The molecule has 7 heteroatoms. The fraction of sp³-hybridized carbons (Fsp3) is 0.357. The van der Waals surface area contributed by atoms with Crippen molar-refractivity contribution < 1.29 is 24.2 Å². The molecule has 1 aromatic rings. The topological polar surface area (TPSA) is 110 Å². The largest absolute Gasteiger partial charge is 0.497 e. The maximum absolute atomic E-state index is 12.0. The van der Waals surface area contributed by atoms with Gasteiger partial charge < -0.3 is 20.5 Å². The predicted molar refractivity (Wildman–Crippen MR) is 72.4 cm³/mol. The molecule has 3 N–H and O–H groups in total. The Morgan fingerprint density at radius 2 is 2.19 bits per heavy atom. The molecule has 0 aromatic heterocycles. The minimum atomic E-state index is -1.17. The van der Waals surface area contributed by atoms with Crippen LogP contribution in [0.2, 0.25) is 0 Å². The maximum Gasteiger partial charge on any atom is 0.331 e. The van der Waals surface area contributed by atoms with E-state index in [2.05, 4.69) is 0 Å². The van der Waals surface area contributed by atoms with Crippen molar-refractivity contribution in [2.24, 2.45) is 11.7 Å². The Bertz CT molecular complexity index is 586. The van der Waals surface area contributed by atoms with Gasteiger partial charge in [-0.1, -0.05) is 12.1 Å². The van der Waals surface area contributed by atoms with Crippen molar-refractivity contribution in [2.45, 2.75) is 12.5 Å². The van der Waals surface area contributed by atoms with Gasteiger partial charge in [-0.3, -0.25) is 9.59 Å². The zero-order valence-corrected chi connectivity index (χ0v) is 11.5. The van der Waals surface area contributed by atoms with Crippen molar-refractivity contribution >= 4 is 17.8 Å². The lowest BCUT2D eigenvalue weighted by atomic mass is 10.0. The number of aliphatic carboxylic acids is 1. The Labute approximate surface area is 121 Å². The number of nitrogens with zero attached hydrogens (tertiary/aromatic N) is 1. The number of carboxylic acid groups (broad SMARTS) is 1. The smallest absolute Gasteiger partial charge is 0.331 e. The van der Waals surface area contributed by atoms with E-state index in [4.69, 9.17) is 10.5 Å². The SMILES string of the molecule is COc1cccc(C(C(=O)O)N2CC(C(N)=O)CC2=O)c1. The quantitative estimate of drug-likeness (QED) is 0.803. The second-order valence-corrected chi connectivity index (χ2v) is 4.87. The highest BCUT2D eigenvalue weighted by atomic mass is 16.5. The van der Waals surface area contributed by atoms with Crippen LogP contribution < -0.4 is 10.5 Å². The summed E-state index contributed by atoms with van der Waals surface area (Å²) in [6, 6.07) is 5.34. The summed E-state index contributed by atoms with van der Waals surface area (Å²) in [4.78, 5) is 35.9. The lowest BCUT2D eigenvalue weighted by molar-refractivity contribution is -0.148. The van der Waals surface area contributed by atoms with Gasteiger partial charge in [0, 0.05) is 13.0 Å². The number of primary amides is 1. The minimum Gasteiger partial charge on any atom is -0.497 e. The Hall–Kier alpha value is -2.57. The summed E-state index contributed by atoms with van der Waals surface area (Å²) < 4.78 is 5.06. The molecular formula is C14H16N2O5. The van der Waals surface area contributed by atoms with E-state index in [0.29, 0.717) is 11.3 Å². The molecule has 7 nitrogen and oxygen atoms in total. The number of amides is 2. The first-order valence-electron chi connectivity index (χ1n) is 6.39. The van der Waals surface area contributed by atoms with Gasteiger partial charge in [-0.2, -0.15) is 0 Å². The van der Waals surface area contributed by atoms with Crippen LogP contribution in [0.4, 0.5) is 0 Å². The van der Waals surface area contributed by atoms with E-state index in [9.17, 15) is 19.5 Å². The summed E-state index contributed by atoms with van der Waals surface area (Å²) in [6.45, 7) is 0.0162. The zero-order valence-electron chi connectivity index (χ0n) is 11.5. The molecule has 1 saturated heterocycles. The van der Waals surface area contributed by atoms with Gasteiger partial charge in [0.25, 0.3) is 0 Å². The average molecular weight is 292 g/mol. The highest BCUT2D eigenvalue weighted by Crippen LogP contribution is 2.30. The Balaban J connectivity index is 2.33. The third-order valence-corrected chi connectivity index (χ3v) is 3.52. The highest BCUT2D eigenvalue weighted by Gasteiger charge is 2.40. The second-order valence-electron chi connectivity index (χ2n) is 4.87. The Morgan fingerprint density at radius 1 is 1.48 bits per heavy atom. The highest BCUT2D eigenvalue weighted by molar-refractivity contribution is 5.91. The van der Waals surface area contributed by atoms with Gasteiger partial charge >= 0.3 is 5.97 Å². The van der Waals surface area contributed by atoms with Gasteiger partial charge in [-0.25, -0.2) is 4.79 Å². The Morgan fingerprint density at radius 3 is 2.71 bits per heavy atom. The standard InChI is InChI=1S/C14H16N2O5/c1-21-10-4-2-3-8(5-10)12(14(19)20)16-7-9(13(15)18)6-11(16)17/h2-5,9,12H,6-7H2,1H3,(H2,15,18)(H,19,20). The normalized spacial score (nSPS) is 19.4. The molecule has 1 fully saturated rings. The van der Waals surface area contributed by atoms with Gasteiger partial charge in [-0.05, 0) is 17.7 Å². The van der Waals surface area contributed by atoms with E-state index in [1.165, 1.54) is 12.0 Å². The van der Waals surface area contributed by atoms with Gasteiger partial charge in [-0.15, -0.1) is 0 Å². The number of methoxy groups -OCH3 is 1. The summed E-state index contributed by atoms with van der Waals surface area (Å²) in [6.07, 6.45) is -0.0525. The van der Waals surface area contributed by atoms with Crippen LogP contribution in [0.1, 0.15) is 18.0 Å². The molecule has 0 aliphatic carbocycles. The molecule has 112 valence electrons. The van der Waals surface area contributed by atoms with Gasteiger partial charge in [0.05, 0.1) is 13.0 Å². The molecule has 1 aliphatic heterocycles. The van der Waals surface area contributed by atoms with Crippen molar-refractivity contribution in [1.82, 2.24) is 4.90 Å². The molecule has 1 heterocycles. The average Bonchev–Trinajstić information content (AvgIpc) is 2.81. The number of carbonyl (C=O) groups excluding carboxylic acids is 2.